The van der Waals surface area contributed by atoms with Crippen LogP contribution in [0.1, 0.15) is 5.56 Å². The number of hydrogen-bond donors (Lipinski definition) is 2. The molecule has 1 aromatic heterocycles. The predicted octanol–water partition coefficient (Wildman–Crippen LogP) is 2.22. The molecule has 94 valence electrons. The molecule has 0 aliphatic carbocycles. The molecule has 2 rings (SSSR count). The molecule has 0 spiro atoms. The molecule has 0 unspecified atom stereocenters. The lowest BCUT2D eigenvalue weighted by atomic mass is 10.2. The topological polar surface area (TPSA) is 60.2 Å². The Morgan fingerprint density at radius 1 is 1.17 bits per heavy atom. The lowest BCUT2D eigenvalue weighted by molar-refractivity contribution is 0.302. The highest BCUT2D eigenvalue weighted by molar-refractivity contribution is 5.36. The molecular formula is C12H11F2N3O. The molecule has 0 aliphatic rings. The highest BCUT2D eigenvalue weighted by Crippen LogP contribution is 2.17. The maximum Gasteiger partial charge on any atom is 0.140 e. The van der Waals surface area contributed by atoms with Crippen LogP contribution in [0.15, 0.2) is 36.5 Å². The molecule has 18 heavy (non-hydrogen) atoms. The van der Waals surface area contributed by atoms with E-state index in [2.05, 4.69) is 10.4 Å². The highest BCUT2D eigenvalue weighted by Gasteiger charge is 2.02. The van der Waals surface area contributed by atoms with Gasteiger partial charge < -0.3 is 10.2 Å². The molecule has 1 aromatic carbocycles. The van der Waals surface area contributed by atoms with Gasteiger partial charge in [0.15, 0.2) is 0 Å². The number of benzene rings is 1. The van der Waals surface area contributed by atoms with Crippen LogP contribution in [-0.4, -0.2) is 4.98 Å². The molecule has 0 aliphatic heterocycles. The maximum atomic E-state index is 12.9. The van der Waals surface area contributed by atoms with E-state index >= 15 is 0 Å². The number of pyridine rings is 1. The number of hydrazine groups is 1. The van der Waals surface area contributed by atoms with Crippen LogP contribution in [0.3, 0.4) is 0 Å². The second kappa shape index (κ2) is 5.42. The zero-order valence-corrected chi connectivity index (χ0v) is 9.36. The van der Waals surface area contributed by atoms with E-state index in [0.29, 0.717) is 5.82 Å². The summed E-state index contributed by atoms with van der Waals surface area (Å²) >= 11 is 0. The maximum absolute atomic E-state index is 12.9. The van der Waals surface area contributed by atoms with E-state index in [1.54, 1.807) is 18.3 Å². The Bertz CT molecular complexity index is 528. The van der Waals surface area contributed by atoms with Crippen LogP contribution in [0.25, 0.3) is 0 Å². The fourth-order valence-electron chi connectivity index (χ4n) is 1.42. The van der Waals surface area contributed by atoms with Crippen molar-refractivity contribution < 1.29 is 13.5 Å². The van der Waals surface area contributed by atoms with Crippen molar-refractivity contribution in [1.29, 1.82) is 0 Å². The number of rotatable bonds is 4. The SMILES string of the molecule is NNc1cc(COc2cc(F)cc(F)c2)ccn1. The van der Waals surface area contributed by atoms with Crippen molar-refractivity contribution >= 4 is 5.82 Å². The summed E-state index contributed by atoms with van der Waals surface area (Å²) < 4.78 is 31.1. The average molecular weight is 251 g/mol. The Morgan fingerprint density at radius 3 is 2.56 bits per heavy atom. The Morgan fingerprint density at radius 2 is 1.89 bits per heavy atom. The minimum absolute atomic E-state index is 0.131. The van der Waals surface area contributed by atoms with E-state index < -0.39 is 11.6 Å². The third-order valence-electron chi connectivity index (χ3n) is 2.21. The number of nitrogens with one attached hydrogen (secondary N) is 1. The molecule has 0 atom stereocenters. The number of ether oxygens (including phenoxy) is 1. The Kier molecular flexibility index (Phi) is 3.69. The van der Waals surface area contributed by atoms with E-state index in [-0.39, 0.29) is 12.4 Å². The summed E-state index contributed by atoms with van der Waals surface area (Å²) in [5.41, 5.74) is 3.18. The molecule has 0 saturated carbocycles. The van der Waals surface area contributed by atoms with Crippen molar-refractivity contribution in [3.63, 3.8) is 0 Å². The number of halogens is 2. The van der Waals surface area contributed by atoms with Gasteiger partial charge in [0.05, 0.1) is 0 Å². The molecular weight excluding hydrogens is 240 g/mol. The summed E-state index contributed by atoms with van der Waals surface area (Å²) in [6.07, 6.45) is 1.56. The number of hydrogen-bond acceptors (Lipinski definition) is 4. The quantitative estimate of drug-likeness (QED) is 0.646. The molecule has 0 saturated heterocycles. The van der Waals surface area contributed by atoms with Gasteiger partial charge >= 0.3 is 0 Å². The van der Waals surface area contributed by atoms with E-state index in [9.17, 15) is 8.78 Å². The van der Waals surface area contributed by atoms with Crippen LogP contribution in [-0.2, 0) is 6.61 Å². The predicted molar refractivity (Wildman–Crippen MR) is 62.7 cm³/mol. The highest BCUT2D eigenvalue weighted by atomic mass is 19.1. The molecule has 1 heterocycles. The third kappa shape index (κ3) is 3.14. The van der Waals surface area contributed by atoms with Gasteiger partial charge in [-0.2, -0.15) is 0 Å². The van der Waals surface area contributed by atoms with Crippen LogP contribution < -0.4 is 16.0 Å². The number of aromatic nitrogens is 1. The normalized spacial score (nSPS) is 10.2. The van der Waals surface area contributed by atoms with Crippen LogP contribution >= 0.6 is 0 Å². The second-order valence-electron chi connectivity index (χ2n) is 3.59. The Hall–Kier alpha value is -2.21. The number of nitrogens with two attached hydrogens (primary N) is 1. The monoisotopic (exact) mass is 251 g/mol. The molecule has 3 N–H and O–H groups in total. The van der Waals surface area contributed by atoms with E-state index in [4.69, 9.17) is 10.6 Å². The molecule has 4 nitrogen and oxygen atoms in total. The largest absolute Gasteiger partial charge is 0.489 e. The lowest BCUT2D eigenvalue weighted by Crippen LogP contribution is -2.09. The zero-order chi connectivity index (χ0) is 13.0. The number of nitrogens with zero attached hydrogens (tertiary/aromatic N) is 1. The van der Waals surface area contributed by atoms with E-state index in [0.717, 1.165) is 23.8 Å². The number of nitrogen functional groups attached to an aromatic ring is 1. The van der Waals surface area contributed by atoms with Gasteiger partial charge in [0, 0.05) is 24.4 Å². The fourth-order valence-corrected chi connectivity index (χ4v) is 1.42. The van der Waals surface area contributed by atoms with Gasteiger partial charge in [-0.05, 0) is 17.7 Å². The summed E-state index contributed by atoms with van der Waals surface area (Å²) in [6.45, 7) is 0.167. The van der Waals surface area contributed by atoms with Crippen molar-refractivity contribution in [3.05, 3.63) is 53.7 Å². The van der Waals surface area contributed by atoms with E-state index in [1.807, 2.05) is 0 Å². The molecule has 2 aromatic rings. The van der Waals surface area contributed by atoms with Gasteiger partial charge in [0.1, 0.15) is 29.8 Å². The fraction of sp³-hybridized carbons (Fsp3) is 0.0833. The average Bonchev–Trinajstić information content (AvgIpc) is 2.35. The second-order valence-corrected chi connectivity index (χ2v) is 3.59. The summed E-state index contributed by atoms with van der Waals surface area (Å²) in [6, 6.07) is 6.42. The summed E-state index contributed by atoms with van der Waals surface area (Å²) in [4.78, 5) is 3.93. The first-order chi connectivity index (χ1) is 8.67. The van der Waals surface area contributed by atoms with Gasteiger partial charge in [0.25, 0.3) is 0 Å². The van der Waals surface area contributed by atoms with E-state index in [1.165, 1.54) is 0 Å². The minimum atomic E-state index is -0.677. The van der Waals surface area contributed by atoms with Crippen molar-refractivity contribution in [2.45, 2.75) is 6.61 Å². The number of anilines is 1. The van der Waals surface area contributed by atoms with Crippen LogP contribution in [0.4, 0.5) is 14.6 Å². The standard InChI is InChI=1S/C12H11F2N3O/c13-9-4-10(14)6-11(5-9)18-7-8-1-2-16-12(3-8)17-15/h1-6H,7,15H2,(H,16,17). The first-order valence-electron chi connectivity index (χ1n) is 5.18. The zero-order valence-electron chi connectivity index (χ0n) is 9.36. The van der Waals surface area contributed by atoms with Gasteiger partial charge in [-0.3, -0.25) is 0 Å². The summed E-state index contributed by atoms with van der Waals surface area (Å²) in [7, 11) is 0. The minimum Gasteiger partial charge on any atom is -0.489 e. The Labute approximate surface area is 102 Å². The van der Waals surface area contributed by atoms with Gasteiger partial charge in [-0.15, -0.1) is 0 Å². The Balaban J connectivity index is 2.06. The van der Waals surface area contributed by atoms with Crippen molar-refractivity contribution in [1.82, 2.24) is 4.98 Å². The first kappa shape index (κ1) is 12.3. The van der Waals surface area contributed by atoms with Gasteiger partial charge in [0.2, 0.25) is 0 Å². The lowest BCUT2D eigenvalue weighted by Gasteiger charge is -2.07. The molecule has 0 radical (unpaired) electrons. The first-order valence-corrected chi connectivity index (χ1v) is 5.18. The van der Waals surface area contributed by atoms with Gasteiger partial charge in [-0.1, -0.05) is 0 Å². The van der Waals surface area contributed by atoms with Crippen molar-refractivity contribution in [2.24, 2.45) is 5.84 Å². The smallest absolute Gasteiger partial charge is 0.140 e. The summed E-state index contributed by atoms with van der Waals surface area (Å²) in [5.74, 6) is 4.48. The van der Waals surface area contributed by atoms with Crippen LogP contribution in [0.2, 0.25) is 0 Å². The molecule has 6 heteroatoms. The molecule has 0 amide bonds. The molecule has 0 fully saturated rings. The van der Waals surface area contributed by atoms with Gasteiger partial charge in [-0.25, -0.2) is 19.6 Å². The van der Waals surface area contributed by atoms with Crippen molar-refractivity contribution in [2.75, 3.05) is 5.43 Å². The van der Waals surface area contributed by atoms with Crippen molar-refractivity contribution in [3.8, 4) is 5.75 Å². The van der Waals surface area contributed by atoms with Crippen LogP contribution in [0, 0.1) is 11.6 Å². The van der Waals surface area contributed by atoms with Crippen LogP contribution in [0.5, 0.6) is 5.75 Å². The molecule has 0 bridgehead atoms. The third-order valence-corrected chi connectivity index (χ3v) is 2.21. The summed E-state index contributed by atoms with van der Waals surface area (Å²) in [5, 5.41) is 0.